The van der Waals surface area contributed by atoms with Crippen molar-refractivity contribution >= 4 is 0 Å². The van der Waals surface area contributed by atoms with Crippen molar-refractivity contribution in [1.82, 2.24) is 4.90 Å². The molecule has 0 radical (unpaired) electrons. The molecule has 10 heavy (non-hydrogen) atoms. The Bertz CT molecular complexity index is 223. The molecule has 2 aliphatic rings. The first-order valence-electron chi connectivity index (χ1n) is 3.63. The van der Waals surface area contributed by atoms with Gasteiger partial charge in [-0.3, -0.25) is 4.90 Å². The van der Waals surface area contributed by atoms with Gasteiger partial charge in [-0.05, 0) is 12.6 Å². The van der Waals surface area contributed by atoms with Crippen LogP contribution < -0.4 is 0 Å². The Balaban J connectivity index is 2.30. The zero-order valence-electron chi connectivity index (χ0n) is 6.12. The van der Waals surface area contributed by atoms with Gasteiger partial charge in [-0.2, -0.15) is 0 Å². The van der Waals surface area contributed by atoms with E-state index in [0.717, 1.165) is 6.54 Å². The molecule has 1 heteroatoms. The quantitative estimate of drug-likeness (QED) is 0.482. The predicted molar refractivity (Wildman–Crippen MR) is 42.8 cm³/mol. The van der Waals surface area contributed by atoms with Crippen molar-refractivity contribution in [3.8, 4) is 0 Å². The summed E-state index contributed by atoms with van der Waals surface area (Å²) in [5, 5.41) is 0. The third-order valence-electron chi connectivity index (χ3n) is 2.12. The lowest BCUT2D eigenvalue weighted by molar-refractivity contribution is 0.371. The lowest BCUT2D eigenvalue weighted by atomic mass is 10.0. The predicted octanol–water partition coefficient (Wildman–Crippen LogP) is 1.35. The molecule has 52 valence electrons. The summed E-state index contributed by atoms with van der Waals surface area (Å²) in [4.78, 5) is 2.33. The number of likely N-dealkylation sites (N-methyl/N-ethyl adjacent to an activating group) is 1. The van der Waals surface area contributed by atoms with Crippen LogP contribution in [0.15, 0.2) is 36.0 Å². The number of allylic oxidation sites excluding steroid dienone is 2. The van der Waals surface area contributed by atoms with Gasteiger partial charge < -0.3 is 0 Å². The number of fused-ring (bicyclic) bond motifs is 1. The highest BCUT2D eigenvalue weighted by atomic mass is 15.1. The molecule has 0 N–H and O–H groups in total. The Morgan fingerprint density at radius 2 is 2.40 bits per heavy atom. The van der Waals surface area contributed by atoms with Crippen molar-refractivity contribution in [2.45, 2.75) is 6.04 Å². The Hall–Kier alpha value is -0.820. The summed E-state index contributed by atoms with van der Waals surface area (Å²) >= 11 is 0. The summed E-state index contributed by atoms with van der Waals surface area (Å²) in [6.45, 7) is 1.09. The highest BCUT2D eigenvalue weighted by molar-refractivity contribution is 5.39. The van der Waals surface area contributed by atoms with Crippen LogP contribution in [0.3, 0.4) is 0 Å². The average molecular weight is 133 g/mol. The lowest BCUT2D eigenvalue weighted by Crippen LogP contribution is -2.26. The topological polar surface area (TPSA) is 3.24 Å². The van der Waals surface area contributed by atoms with Crippen molar-refractivity contribution in [2.24, 2.45) is 0 Å². The van der Waals surface area contributed by atoms with Gasteiger partial charge in [0.05, 0.1) is 6.04 Å². The molecule has 1 nitrogen and oxygen atoms in total. The van der Waals surface area contributed by atoms with Gasteiger partial charge in [0.1, 0.15) is 0 Å². The van der Waals surface area contributed by atoms with Gasteiger partial charge in [0, 0.05) is 6.54 Å². The lowest BCUT2D eigenvalue weighted by Gasteiger charge is -2.19. The molecule has 1 unspecified atom stereocenters. The normalized spacial score (nSPS) is 30.5. The highest BCUT2D eigenvalue weighted by Crippen LogP contribution is 2.21. The van der Waals surface area contributed by atoms with E-state index < -0.39 is 0 Å². The van der Waals surface area contributed by atoms with Crippen LogP contribution >= 0.6 is 0 Å². The summed E-state index contributed by atoms with van der Waals surface area (Å²) in [5.41, 5.74) is 1.45. The van der Waals surface area contributed by atoms with Crippen LogP contribution in [0.5, 0.6) is 0 Å². The maximum absolute atomic E-state index is 2.33. The minimum Gasteiger partial charge on any atom is -0.292 e. The van der Waals surface area contributed by atoms with Crippen LogP contribution in [-0.4, -0.2) is 24.5 Å². The van der Waals surface area contributed by atoms with Gasteiger partial charge in [0.15, 0.2) is 0 Å². The van der Waals surface area contributed by atoms with Gasteiger partial charge in [-0.15, -0.1) is 0 Å². The standard InChI is InChI=1S/C9H11N/c1-10-7-6-8-4-2-3-5-9(8)10/h2-6,9H,7H2,1H3. The van der Waals surface area contributed by atoms with Crippen molar-refractivity contribution in [3.05, 3.63) is 36.0 Å². The fraction of sp³-hybridized carbons (Fsp3) is 0.333. The average Bonchev–Trinajstić information content (AvgIpc) is 2.34. The summed E-state index contributed by atoms with van der Waals surface area (Å²) in [6.07, 6.45) is 10.9. The molecule has 0 bridgehead atoms. The van der Waals surface area contributed by atoms with Gasteiger partial charge in [0.2, 0.25) is 0 Å². The minimum atomic E-state index is 0.560. The summed E-state index contributed by atoms with van der Waals surface area (Å²) in [6, 6.07) is 0.560. The van der Waals surface area contributed by atoms with E-state index in [1.807, 2.05) is 0 Å². The van der Waals surface area contributed by atoms with E-state index in [9.17, 15) is 0 Å². The molecule has 0 fully saturated rings. The van der Waals surface area contributed by atoms with Gasteiger partial charge >= 0.3 is 0 Å². The van der Waals surface area contributed by atoms with E-state index in [-0.39, 0.29) is 0 Å². The molecule has 0 saturated heterocycles. The van der Waals surface area contributed by atoms with E-state index in [2.05, 4.69) is 42.3 Å². The van der Waals surface area contributed by atoms with Crippen molar-refractivity contribution in [2.75, 3.05) is 13.6 Å². The molecule has 1 heterocycles. The summed E-state index contributed by atoms with van der Waals surface area (Å²) in [5.74, 6) is 0. The number of nitrogens with zero attached hydrogens (tertiary/aromatic N) is 1. The Kier molecular flexibility index (Phi) is 1.24. The van der Waals surface area contributed by atoms with Crippen molar-refractivity contribution in [1.29, 1.82) is 0 Å². The molecule has 2 rings (SSSR count). The van der Waals surface area contributed by atoms with Crippen LogP contribution in [0, 0.1) is 0 Å². The summed E-state index contributed by atoms with van der Waals surface area (Å²) < 4.78 is 0. The first-order valence-corrected chi connectivity index (χ1v) is 3.63. The summed E-state index contributed by atoms with van der Waals surface area (Å²) in [7, 11) is 2.15. The molecule has 0 saturated carbocycles. The second kappa shape index (κ2) is 2.10. The molecule has 1 atom stereocenters. The SMILES string of the molecule is CN1CC=C2C=CC=CC21. The Morgan fingerprint density at radius 1 is 1.50 bits per heavy atom. The van der Waals surface area contributed by atoms with Gasteiger partial charge in [-0.25, -0.2) is 0 Å². The first-order chi connectivity index (χ1) is 4.88. The van der Waals surface area contributed by atoms with Crippen LogP contribution in [0.25, 0.3) is 0 Å². The number of hydrogen-bond acceptors (Lipinski definition) is 1. The molecule has 0 amide bonds. The first kappa shape index (κ1) is 5.93. The molecular weight excluding hydrogens is 122 g/mol. The zero-order chi connectivity index (χ0) is 6.97. The van der Waals surface area contributed by atoms with Gasteiger partial charge in [0.25, 0.3) is 0 Å². The van der Waals surface area contributed by atoms with E-state index >= 15 is 0 Å². The van der Waals surface area contributed by atoms with E-state index in [0.29, 0.717) is 6.04 Å². The Labute approximate surface area is 61.3 Å². The third kappa shape index (κ3) is 0.745. The van der Waals surface area contributed by atoms with Crippen LogP contribution in [0.1, 0.15) is 0 Å². The van der Waals surface area contributed by atoms with E-state index in [1.54, 1.807) is 0 Å². The van der Waals surface area contributed by atoms with E-state index in [4.69, 9.17) is 0 Å². The number of rotatable bonds is 0. The molecular formula is C9H11N. The molecule has 0 aromatic heterocycles. The van der Waals surface area contributed by atoms with Crippen LogP contribution in [0.2, 0.25) is 0 Å². The fourth-order valence-electron chi connectivity index (χ4n) is 1.50. The van der Waals surface area contributed by atoms with Crippen LogP contribution in [0.4, 0.5) is 0 Å². The third-order valence-corrected chi connectivity index (χ3v) is 2.12. The zero-order valence-corrected chi connectivity index (χ0v) is 6.12. The molecule has 1 aliphatic carbocycles. The van der Waals surface area contributed by atoms with Crippen LogP contribution in [-0.2, 0) is 0 Å². The molecule has 0 aromatic rings. The number of hydrogen-bond donors (Lipinski definition) is 0. The molecule has 0 aromatic carbocycles. The smallest absolute Gasteiger partial charge is 0.0532 e. The van der Waals surface area contributed by atoms with Crippen molar-refractivity contribution < 1.29 is 0 Å². The van der Waals surface area contributed by atoms with Crippen molar-refractivity contribution in [3.63, 3.8) is 0 Å². The van der Waals surface area contributed by atoms with E-state index in [1.165, 1.54) is 5.57 Å². The minimum absolute atomic E-state index is 0.560. The second-order valence-electron chi connectivity index (χ2n) is 2.83. The highest BCUT2D eigenvalue weighted by Gasteiger charge is 2.20. The second-order valence-corrected chi connectivity index (χ2v) is 2.83. The maximum Gasteiger partial charge on any atom is 0.0532 e. The maximum atomic E-state index is 2.33. The monoisotopic (exact) mass is 133 g/mol. The Morgan fingerprint density at radius 3 is 3.20 bits per heavy atom. The fourth-order valence-corrected chi connectivity index (χ4v) is 1.50. The largest absolute Gasteiger partial charge is 0.292 e. The molecule has 0 spiro atoms. The van der Waals surface area contributed by atoms with Gasteiger partial charge in [-0.1, -0.05) is 30.4 Å². The molecule has 1 aliphatic heterocycles.